The first kappa shape index (κ1) is 20.3. The highest BCUT2D eigenvalue weighted by molar-refractivity contribution is 6.66. The Hall–Kier alpha value is 0.980. The van der Waals surface area contributed by atoms with Crippen molar-refractivity contribution in [1.29, 1.82) is 0 Å². The number of carboxylic acid groups (broad SMARTS) is 1. The fourth-order valence-electron chi connectivity index (χ4n) is 3.08. The number of aliphatic carboxylic acids is 1. The first-order chi connectivity index (χ1) is 10.3. The Labute approximate surface area is 169 Å². The summed E-state index contributed by atoms with van der Waals surface area (Å²) < 4.78 is -1.48. The van der Waals surface area contributed by atoms with Crippen molar-refractivity contribution in [3.05, 3.63) is 22.2 Å². The molecule has 3 aliphatic rings. The molecule has 2 bridgehead atoms. The summed E-state index contributed by atoms with van der Waals surface area (Å²) in [6.07, 6.45) is 3.69. The van der Waals surface area contributed by atoms with Gasteiger partial charge in [0.2, 0.25) is 0 Å². The third-order valence-electron chi connectivity index (χ3n) is 4.39. The van der Waals surface area contributed by atoms with Crippen molar-refractivity contribution < 1.29 is 9.90 Å². The zero-order valence-electron chi connectivity index (χ0n) is 12.0. The second-order valence-electron chi connectivity index (χ2n) is 6.00. The van der Waals surface area contributed by atoms with Gasteiger partial charge in [0.15, 0.2) is 4.33 Å². The summed E-state index contributed by atoms with van der Waals surface area (Å²) in [4.78, 5) is 7.25. The third kappa shape index (κ3) is 2.47. The summed E-state index contributed by atoms with van der Waals surface area (Å²) in [5, 5.41) is 8.10. The molecule has 0 saturated heterocycles. The molecule has 5 atom stereocenters. The van der Waals surface area contributed by atoms with Gasteiger partial charge in [0, 0.05) is 11.8 Å². The Morgan fingerprint density at radius 2 is 1.52 bits per heavy atom. The Kier molecular flexibility index (Phi) is 5.56. The molecule has 0 amide bonds. The number of carboxylic acids is 1. The molecule has 0 spiro atoms. The van der Waals surface area contributed by atoms with Crippen LogP contribution in [-0.2, 0) is 4.79 Å². The molecule has 130 valence electrons. The van der Waals surface area contributed by atoms with Crippen LogP contribution in [0.15, 0.2) is 22.2 Å². The molecule has 0 radical (unpaired) electrons. The van der Waals surface area contributed by atoms with E-state index in [1.54, 1.807) is 13.8 Å². The van der Waals surface area contributed by atoms with Gasteiger partial charge in [-0.3, -0.25) is 4.79 Å². The summed E-state index contributed by atoms with van der Waals surface area (Å²) in [5.41, 5.74) is 0. The second-order valence-corrected chi connectivity index (χ2v) is 9.78. The van der Waals surface area contributed by atoms with Crippen molar-refractivity contribution in [3.63, 3.8) is 0 Å². The van der Waals surface area contributed by atoms with E-state index in [0.717, 1.165) is 0 Å². The van der Waals surface area contributed by atoms with E-state index >= 15 is 0 Å². The molecule has 1 saturated carbocycles. The van der Waals surface area contributed by atoms with Gasteiger partial charge in [-0.25, -0.2) is 0 Å². The third-order valence-corrected chi connectivity index (χ3v) is 9.10. The molecule has 5 unspecified atom stereocenters. The van der Waals surface area contributed by atoms with Crippen LogP contribution >= 0.6 is 81.2 Å². The quantitative estimate of drug-likeness (QED) is 0.386. The molecule has 0 aliphatic heterocycles. The van der Waals surface area contributed by atoms with Crippen molar-refractivity contribution in [2.45, 2.75) is 33.3 Å². The van der Waals surface area contributed by atoms with E-state index in [4.69, 9.17) is 86.3 Å². The molecule has 23 heavy (non-hydrogen) atoms. The summed E-state index contributed by atoms with van der Waals surface area (Å²) in [5.74, 6) is -1.44. The van der Waals surface area contributed by atoms with Crippen molar-refractivity contribution in [2.75, 3.05) is 0 Å². The SMILES string of the molecule is CC(C)C(=O)O.ClC1=C(Cl)C2(Cl)C3C(Cl)C=CC3C1(Cl)C2(Cl)Cl. The lowest BCUT2D eigenvalue weighted by Crippen LogP contribution is -2.45. The largest absolute Gasteiger partial charge is 0.481 e. The fourth-order valence-corrected chi connectivity index (χ4v) is 6.60. The zero-order chi connectivity index (χ0) is 18.0. The molecule has 0 aromatic heterocycles. The standard InChI is InChI=1S/C10H5Cl7.C4H8O2/c11-4-2-1-3-5(4)9(15)7(13)6(12)8(3,14)10(9,16)17;1-3(2)4(5)6/h1-5H;3H,1-2H3,(H,5,6). The molecule has 9 heteroatoms. The van der Waals surface area contributed by atoms with Crippen LogP contribution in [0.3, 0.4) is 0 Å². The molecule has 0 aromatic rings. The maximum absolute atomic E-state index is 9.70. The van der Waals surface area contributed by atoms with E-state index in [1.807, 2.05) is 12.2 Å². The first-order valence-electron chi connectivity index (χ1n) is 6.72. The lowest BCUT2D eigenvalue weighted by molar-refractivity contribution is -0.140. The summed E-state index contributed by atoms with van der Waals surface area (Å²) in [7, 11) is 0. The topological polar surface area (TPSA) is 37.3 Å². The van der Waals surface area contributed by atoms with E-state index in [0.29, 0.717) is 0 Å². The number of halogens is 7. The first-order valence-corrected chi connectivity index (χ1v) is 9.42. The van der Waals surface area contributed by atoms with Crippen LogP contribution in [0.25, 0.3) is 0 Å². The fraction of sp³-hybridized carbons (Fsp3) is 0.643. The number of hydrogen-bond donors (Lipinski definition) is 1. The van der Waals surface area contributed by atoms with Gasteiger partial charge in [0.25, 0.3) is 0 Å². The van der Waals surface area contributed by atoms with E-state index in [9.17, 15) is 4.79 Å². The molecular formula is C14H13Cl7O2. The van der Waals surface area contributed by atoms with E-state index in [-0.39, 0.29) is 33.2 Å². The van der Waals surface area contributed by atoms with Gasteiger partial charge >= 0.3 is 5.97 Å². The molecule has 1 fully saturated rings. The average molecular weight is 461 g/mol. The van der Waals surface area contributed by atoms with Gasteiger partial charge in [-0.2, -0.15) is 0 Å². The van der Waals surface area contributed by atoms with Gasteiger partial charge in [-0.15, -0.1) is 34.8 Å². The van der Waals surface area contributed by atoms with E-state index in [1.165, 1.54) is 0 Å². The summed E-state index contributed by atoms with van der Waals surface area (Å²) in [6.45, 7) is 3.28. The molecular weight excluding hydrogens is 448 g/mol. The normalized spacial score (nSPS) is 42.8. The minimum Gasteiger partial charge on any atom is -0.481 e. The number of fused-ring (bicyclic) bond motifs is 5. The lowest BCUT2D eigenvalue weighted by Gasteiger charge is -2.34. The van der Waals surface area contributed by atoms with Crippen LogP contribution in [0.1, 0.15) is 13.8 Å². The molecule has 2 nitrogen and oxygen atoms in total. The van der Waals surface area contributed by atoms with Gasteiger partial charge in [0.05, 0.1) is 21.4 Å². The second kappa shape index (κ2) is 6.30. The number of hydrogen-bond acceptors (Lipinski definition) is 1. The molecule has 0 aromatic carbocycles. The van der Waals surface area contributed by atoms with Crippen LogP contribution in [0.4, 0.5) is 0 Å². The molecule has 1 N–H and O–H groups in total. The molecule has 3 rings (SSSR count). The predicted octanol–water partition coefficient (Wildman–Crippen LogP) is 5.97. The highest BCUT2D eigenvalue weighted by Gasteiger charge is 2.83. The number of alkyl halides is 5. The highest BCUT2D eigenvalue weighted by atomic mass is 35.5. The maximum Gasteiger partial charge on any atom is 0.305 e. The van der Waals surface area contributed by atoms with Crippen LogP contribution in [0, 0.1) is 17.8 Å². The number of rotatable bonds is 1. The predicted molar refractivity (Wildman–Crippen MR) is 98.6 cm³/mol. The van der Waals surface area contributed by atoms with Gasteiger partial charge < -0.3 is 5.11 Å². The number of carbonyl (C=O) groups is 1. The Bertz CT molecular complexity index is 600. The van der Waals surface area contributed by atoms with Crippen molar-refractivity contribution in [2.24, 2.45) is 17.8 Å². The zero-order valence-corrected chi connectivity index (χ0v) is 17.3. The minimum absolute atomic E-state index is 0.205. The Morgan fingerprint density at radius 3 is 1.96 bits per heavy atom. The lowest BCUT2D eigenvalue weighted by atomic mass is 9.84. The van der Waals surface area contributed by atoms with Crippen molar-refractivity contribution >= 4 is 87.2 Å². The summed E-state index contributed by atoms with van der Waals surface area (Å²) in [6, 6.07) is 0. The van der Waals surface area contributed by atoms with Crippen LogP contribution in [0.2, 0.25) is 0 Å². The summed E-state index contributed by atoms with van der Waals surface area (Å²) >= 11 is 44.5. The Balaban J connectivity index is 0.000000277. The van der Waals surface area contributed by atoms with Crippen molar-refractivity contribution in [1.82, 2.24) is 0 Å². The van der Waals surface area contributed by atoms with Crippen LogP contribution < -0.4 is 0 Å². The average Bonchev–Trinajstić information content (AvgIpc) is 2.93. The van der Waals surface area contributed by atoms with Gasteiger partial charge in [0.1, 0.15) is 9.75 Å². The van der Waals surface area contributed by atoms with Crippen LogP contribution in [-0.4, -0.2) is 30.5 Å². The van der Waals surface area contributed by atoms with Crippen molar-refractivity contribution in [3.8, 4) is 0 Å². The minimum atomic E-state index is -1.48. The Morgan fingerprint density at radius 1 is 1.09 bits per heavy atom. The number of allylic oxidation sites excluding steroid dienone is 4. The van der Waals surface area contributed by atoms with E-state index in [2.05, 4.69) is 0 Å². The van der Waals surface area contributed by atoms with Gasteiger partial charge in [-0.05, 0) is 0 Å². The molecule has 0 heterocycles. The smallest absolute Gasteiger partial charge is 0.305 e. The maximum atomic E-state index is 9.70. The monoisotopic (exact) mass is 458 g/mol. The van der Waals surface area contributed by atoms with E-state index < -0.39 is 20.1 Å². The van der Waals surface area contributed by atoms with Crippen LogP contribution in [0.5, 0.6) is 0 Å². The van der Waals surface area contributed by atoms with Gasteiger partial charge in [-0.1, -0.05) is 72.4 Å². The molecule has 3 aliphatic carbocycles. The highest BCUT2D eigenvalue weighted by Crippen LogP contribution is 2.78.